The molecule has 2 aromatic carbocycles. The zero-order chi connectivity index (χ0) is 23.6. The predicted octanol–water partition coefficient (Wildman–Crippen LogP) is 4.28. The van der Waals surface area contributed by atoms with E-state index in [1.165, 1.54) is 29.2 Å². The Bertz CT molecular complexity index is 876. The number of hydrogen-bond donors (Lipinski definition) is 1. The largest absolute Gasteiger partial charge is 0.444 e. The van der Waals surface area contributed by atoms with E-state index in [-0.39, 0.29) is 11.4 Å². The van der Waals surface area contributed by atoms with Gasteiger partial charge in [0.1, 0.15) is 5.60 Å². The lowest BCUT2D eigenvalue weighted by atomic mass is 10.2. The predicted molar refractivity (Wildman–Crippen MR) is 117 cm³/mol. The minimum Gasteiger partial charge on any atom is -0.444 e. The molecular weight excluding hydrogens is 404 g/mol. The third kappa shape index (κ3) is 9.68. The summed E-state index contributed by atoms with van der Waals surface area (Å²) < 4.78 is 5.21. The first-order valence-corrected chi connectivity index (χ1v) is 9.48. The minimum absolute atomic E-state index is 0.0312. The first-order chi connectivity index (χ1) is 14.4. The molecule has 168 valence electrons. The molecule has 0 saturated heterocycles. The zero-order valence-corrected chi connectivity index (χ0v) is 18.3. The topological polar surface area (TPSA) is 128 Å². The Hall–Kier alpha value is -3.53. The van der Waals surface area contributed by atoms with Crippen LogP contribution in [0, 0.1) is 20.2 Å². The highest BCUT2D eigenvalue weighted by Crippen LogP contribution is 2.15. The smallest absolute Gasteiger partial charge is 0.410 e. The van der Waals surface area contributed by atoms with Crippen LogP contribution in [0.3, 0.4) is 0 Å². The average molecular weight is 432 g/mol. The highest BCUT2D eigenvalue weighted by molar-refractivity contribution is 5.67. The SMILES string of the molecule is CN(Cc1ccc([N+](=O)[O-])cc1)C(=O)OC(C)(C)C.CNCc1ccc([N+](=O)[O-])cc1. The van der Waals surface area contributed by atoms with Gasteiger partial charge >= 0.3 is 6.09 Å². The van der Waals surface area contributed by atoms with Crippen LogP contribution in [0.5, 0.6) is 0 Å². The van der Waals surface area contributed by atoms with Crippen LogP contribution in [-0.2, 0) is 17.8 Å². The van der Waals surface area contributed by atoms with Crippen molar-refractivity contribution in [3.8, 4) is 0 Å². The quantitative estimate of drug-likeness (QED) is 0.533. The van der Waals surface area contributed by atoms with Crippen molar-refractivity contribution in [1.29, 1.82) is 0 Å². The van der Waals surface area contributed by atoms with Gasteiger partial charge in [-0.2, -0.15) is 0 Å². The van der Waals surface area contributed by atoms with Crippen LogP contribution in [0.4, 0.5) is 16.2 Å². The van der Waals surface area contributed by atoms with Gasteiger partial charge in [-0.25, -0.2) is 4.79 Å². The first-order valence-electron chi connectivity index (χ1n) is 9.48. The molecule has 1 amide bonds. The van der Waals surface area contributed by atoms with Crippen molar-refractivity contribution in [2.75, 3.05) is 14.1 Å². The van der Waals surface area contributed by atoms with E-state index in [2.05, 4.69) is 5.32 Å². The molecule has 10 heteroatoms. The van der Waals surface area contributed by atoms with Crippen molar-refractivity contribution in [2.45, 2.75) is 39.5 Å². The van der Waals surface area contributed by atoms with Crippen LogP contribution < -0.4 is 5.32 Å². The molecular formula is C21H28N4O6. The number of nitro groups is 2. The Balaban J connectivity index is 0.000000343. The van der Waals surface area contributed by atoms with E-state index in [9.17, 15) is 25.0 Å². The summed E-state index contributed by atoms with van der Waals surface area (Å²) in [7, 11) is 3.46. The summed E-state index contributed by atoms with van der Waals surface area (Å²) in [5.41, 5.74) is 1.47. The molecule has 0 spiro atoms. The molecule has 0 radical (unpaired) electrons. The van der Waals surface area contributed by atoms with E-state index in [0.29, 0.717) is 6.54 Å². The molecule has 0 aliphatic rings. The second-order valence-corrected chi connectivity index (χ2v) is 7.71. The van der Waals surface area contributed by atoms with E-state index in [1.807, 2.05) is 7.05 Å². The number of carbonyl (C=O) groups is 1. The number of amides is 1. The van der Waals surface area contributed by atoms with Gasteiger partial charge in [0.2, 0.25) is 0 Å². The highest BCUT2D eigenvalue weighted by atomic mass is 16.6. The molecule has 0 saturated carbocycles. The number of benzene rings is 2. The monoisotopic (exact) mass is 432 g/mol. The maximum absolute atomic E-state index is 11.7. The molecule has 0 aromatic heterocycles. The minimum atomic E-state index is -0.541. The van der Waals surface area contributed by atoms with Crippen LogP contribution in [0.15, 0.2) is 48.5 Å². The summed E-state index contributed by atoms with van der Waals surface area (Å²) in [5, 5.41) is 23.7. The van der Waals surface area contributed by atoms with Crippen LogP contribution in [-0.4, -0.2) is 40.5 Å². The number of nitrogens with one attached hydrogen (secondary N) is 1. The van der Waals surface area contributed by atoms with E-state index in [4.69, 9.17) is 4.74 Å². The fourth-order valence-electron chi connectivity index (χ4n) is 2.34. The summed E-state index contributed by atoms with van der Waals surface area (Å²) in [6.07, 6.45) is -0.425. The molecule has 2 aromatic rings. The van der Waals surface area contributed by atoms with Gasteiger partial charge in [0.05, 0.1) is 9.85 Å². The first kappa shape index (κ1) is 25.5. The Morgan fingerprint density at radius 3 is 1.71 bits per heavy atom. The van der Waals surface area contributed by atoms with Crippen molar-refractivity contribution < 1.29 is 19.4 Å². The van der Waals surface area contributed by atoms with Crippen molar-refractivity contribution in [2.24, 2.45) is 0 Å². The van der Waals surface area contributed by atoms with Gasteiger partial charge in [-0.15, -0.1) is 0 Å². The number of ether oxygens (including phenoxy) is 1. The highest BCUT2D eigenvalue weighted by Gasteiger charge is 2.19. The van der Waals surface area contributed by atoms with Crippen LogP contribution in [0.2, 0.25) is 0 Å². The van der Waals surface area contributed by atoms with Gasteiger partial charge in [0.15, 0.2) is 0 Å². The molecule has 0 heterocycles. The van der Waals surface area contributed by atoms with E-state index in [0.717, 1.165) is 17.7 Å². The summed E-state index contributed by atoms with van der Waals surface area (Å²) in [5.74, 6) is 0. The Morgan fingerprint density at radius 1 is 0.935 bits per heavy atom. The van der Waals surface area contributed by atoms with Crippen LogP contribution >= 0.6 is 0 Å². The lowest BCUT2D eigenvalue weighted by Crippen LogP contribution is -2.33. The molecule has 0 unspecified atom stereocenters. The third-order valence-electron chi connectivity index (χ3n) is 3.80. The second kappa shape index (κ2) is 11.6. The maximum atomic E-state index is 11.7. The molecule has 0 aliphatic heterocycles. The van der Waals surface area contributed by atoms with Crippen molar-refractivity contribution in [1.82, 2.24) is 10.2 Å². The Kier molecular flexibility index (Phi) is 9.55. The average Bonchev–Trinajstić information content (AvgIpc) is 2.68. The van der Waals surface area contributed by atoms with Crippen molar-refractivity contribution in [3.63, 3.8) is 0 Å². The molecule has 10 nitrogen and oxygen atoms in total. The van der Waals surface area contributed by atoms with Crippen LogP contribution in [0.1, 0.15) is 31.9 Å². The molecule has 0 bridgehead atoms. The lowest BCUT2D eigenvalue weighted by molar-refractivity contribution is -0.385. The van der Waals surface area contributed by atoms with Gasteiger partial charge in [-0.05, 0) is 38.9 Å². The molecule has 31 heavy (non-hydrogen) atoms. The number of nitrogens with zero attached hydrogens (tertiary/aromatic N) is 3. The molecule has 1 N–H and O–H groups in total. The van der Waals surface area contributed by atoms with E-state index < -0.39 is 21.5 Å². The second-order valence-electron chi connectivity index (χ2n) is 7.71. The molecule has 0 aliphatic carbocycles. The third-order valence-corrected chi connectivity index (χ3v) is 3.80. The number of carbonyl (C=O) groups excluding carboxylic acids is 1. The summed E-state index contributed by atoms with van der Waals surface area (Å²) in [6.45, 7) is 6.46. The summed E-state index contributed by atoms with van der Waals surface area (Å²) >= 11 is 0. The molecule has 0 fully saturated rings. The lowest BCUT2D eigenvalue weighted by Gasteiger charge is -2.24. The standard InChI is InChI=1S/C13H18N2O4.C8H10N2O2/c1-13(2,3)19-12(16)14(4)9-10-5-7-11(8-6-10)15(17)18;1-9-6-7-2-4-8(5-3-7)10(11)12/h5-8H,9H2,1-4H3;2-5,9H,6H2,1H3. The van der Waals surface area contributed by atoms with Gasteiger partial charge in [-0.3, -0.25) is 20.2 Å². The van der Waals surface area contributed by atoms with Crippen molar-refractivity contribution in [3.05, 3.63) is 79.9 Å². The maximum Gasteiger partial charge on any atom is 0.410 e. The number of hydrogen-bond acceptors (Lipinski definition) is 7. The molecule has 0 atom stereocenters. The fraction of sp³-hybridized carbons (Fsp3) is 0.381. The number of non-ortho nitro benzene ring substituents is 2. The summed E-state index contributed by atoms with van der Waals surface area (Å²) in [4.78, 5) is 33.1. The van der Waals surface area contributed by atoms with Gasteiger partial charge in [-0.1, -0.05) is 24.3 Å². The Morgan fingerprint density at radius 2 is 1.35 bits per heavy atom. The van der Waals surface area contributed by atoms with Gasteiger partial charge in [0.25, 0.3) is 11.4 Å². The molecule has 2 rings (SSSR count). The number of nitro benzene ring substituents is 2. The van der Waals surface area contributed by atoms with E-state index >= 15 is 0 Å². The Labute approximate surface area is 181 Å². The van der Waals surface area contributed by atoms with E-state index in [1.54, 1.807) is 52.1 Å². The van der Waals surface area contributed by atoms with Gasteiger partial charge in [0, 0.05) is 44.4 Å². The fourth-order valence-corrected chi connectivity index (χ4v) is 2.34. The van der Waals surface area contributed by atoms with Crippen LogP contribution in [0.25, 0.3) is 0 Å². The number of rotatable bonds is 6. The van der Waals surface area contributed by atoms with Gasteiger partial charge < -0.3 is 15.0 Å². The van der Waals surface area contributed by atoms with Crippen molar-refractivity contribution >= 4 is 17.5 Å². The normalized spacial score (nSPS) is 10.5. The summed E-state index contributed by atoms with van der Waals surface area (Å²) in [6, 6.07) is 12.6. The zero-order valence-electron chi connectivity index (χ0n) is 18.3.